The Balaban J connectivity index is 1.76. The molecule has 1 aromatic carbocycles. The maximum absolute atomic E-state index is 12.3. The molecule has 0 saturated carbocycles. The second-order valence-electron chi connectivity index (χ2n) is 6.42. The van der Waals surface area contributed by atoms with Crippen molar-refractivity contribution < 1.29 is 17.9 Å². The molecule has 0 aliphatic carbocycles. The molecule has 24 heavy (non-hydrogen) atoms. The molecule has 0 spiro atoms. The van der Waals surface area contributed by atoms with Crippen molar-refractivity contribution >= 4 is 9.84 Å². The molecule has 0 N–H and O–H groups in total. The minimum absolute atomic E-state index is 0.0266. The quantitative estimate of drug-likeness (QED) is 0.664. The van der Waals surface area contributed by atoms with Crippen LogP contribution in [-0.4, -0.2) is 33.2 Å². The third-order valence-electron chi connectivity index (χ3n) is 4.16. The highest BCUT2D eigenvalue weighted by Crippen LogP contribution is 2.17. The Kier molecular flexibility index (Phi) is 7.46. The minimum Gasteiger partial charge on any atom is -0.353 e. The summed E-state index contributed by atoms with van der Waals surface area (Å²) in [6.45, 7) is 4.79. The van der Waals surface area contributed by atoms with Gasteiger partial charge in [0.15, 0.2) is 16.1 Å². The molecule has 0 amide bonds. The van der Waals surface area contributed by atoms with Gasteiger partial charge in [0.25, 0.3) is 0 Å². The van der Waals surface area contributed by atoms with Crippen molar-refractivity contribution in [2.75, 3.05) is 12.4 Å². The van der Waals surface area contributed by atoms with E-state index in [0.29, 0.717) is 11.3 Å². The summed E-state index contributed by atoms with van der Waals surface area (Å²) in [6.07, 6.45) is 7.70. The van der Waals surface area contributed by atoms with E-state index in [2.05, 4.69) is 0 Å². The average Bonchev–Trinajstić information content (AvgIpc) is 2.60. The Morgan fingerprint density at radius 2 is 1.96 bits per heavy atom. The predicted octanol–water partition coefficient (Wildman–Crippen LogP) is 3.97. The zero-order valence-electron chi connectivity index (χ0n) is 14.6. The molecule has 1 aliphatic heterocycles. The van der Waals surface area contributed by atoms with Gasteiger partial charge in [0.05, 0.1) is 16.8 Å². The standard InChI is InChI=1S/C19H28O4S/c1-16(11-12-17(2)23-19-10-6-7-14-22-19)13-15-24(20,21)18-8-4-3-5-9-18/h3-5,8-9,11-12,16-17,19H,6-7,10,13-15H2,1-2H3/t16-,17+,19?/m1/s1. The van der Waals surface area contributed by atoms with Crippen LogP contribution in [0.2, 0.25) is 0 Å². The van der Waals surface area contributed by atoms with Crippen LogP contribution in [0.25, 0.3) is 0 Å². The van der Waals surface area contributed by atoms with Gasteiger partial charge in [0, 0.05) is 6.61 Å². The smallest absolute Gasteiger partial charge is 0.178 e. The van der Waals surface area contributed by atoms with E-state index in [0.717, 1.165) is 25.9 Å². The fourth-order valence-corrected chi connectivity index (χ4v) is 4.12. The van der Waals surface area contributed by atoms with Gasteiger partial charge in [-0.25, -0.2) is 8.42 Å². The SMILES string of the molecule is C[C@H](C=C[C@H](C)OC1CCCCO1)CCS(=O)(=O)c1ccccc1. The summed E-state index contributed by atoms with van der Waals surface area (Å²) < 4.78 is 35.9. The van der Waals surface area contributed by atoms with E-state index in [9.17, 15) is 8.42 Å². The first-order valence-corrected chi connectivity index (χ1v) is 10.4. The summed E-state index contributed by atoms with van der Waals surface area (Å²) in [5.74, 6) is 0.338. The Morgan fingerprint density at radius 1 is 1.21 bits per heavy atom. The summed E-state index contributed by atoms with van der Waals surface area (Å²) in [5, 5.41) is 0. The molecule has 1 aliphatic rings. The first-order chi connectivity index (χ1) is 11.5. The van der Waals surface area contributed by atoms with E-state index >= 15 is 0 Å². The molecule has 134 valence electrons. The van der Waals surface area contributed by atoms with Gasteiger partial charge in [-0.2, -0.15) is 0 Å². The Hall–Kier alpha value is -1.17. The molecule has 5 heteroatoms. The van der Waals surface area contributed by atoms with Crippen LogP contribution >= 0.6 is 0 Å². The van der Waals surface area contributed by atoms with Gasteiger partial charge in [-0.05, 0) is 50.7 Å². The fraction of sp³-hybridized carbons (Fsp3) is 0.579. The van der Waals surface area contributed by atoms with Crippen molar-refractivity contribution in [3.8, 4) is 0 Å². The normalized spacial score (nSPS) is 21.7. The van der Waals surface area contributed by atoms with Crippen LogP contribution in [-0.2, 0) is 19.3 Å². The Bertz CT molecular complexity index is 604. The summed E-state index contributed by atoms with van der Waals surface area (Å²) in [7, 11) is -3.20. The van der Waals surface area contributed by atoms with E-state index in [4.69, 9.17) is 9.47 Å². The van der Waals surface area contributed by atoms with Gasteiger partial charge < -0.3 is 9.47 Å². The summed E-state index contributed by atoms with van der Waals surface area (Å²) in [5.41, 5.74) is 0. The molecule has 3 atom stereocenters. The molecular weight excluding hydrogens is 324 g/mol. The van der Waals surface area contributed by atoms with Crippen molar-refractivity contribution in [1.82, 2.24) is 0 Å². The van der Waals surface area contributed by atoms with Crippen LogP contribution in [0.15, 0.2) is 47.4 Å². The number of hydrogen-bond acceptors (Lipinski definition) is 4. The van der Waals surface area contributed by atoms with Gasteiger partial charge in [-0.15, -0.1) is 0 Å². The van der Waals surface area contributed by atoms with Crippen LogP contribution in [0, 0.1) is 5.92 Å². The monoisotopic (exact) mass is 352 g/mol. The zero-order valence-corrected chi connectivity index (χ0v) is 15.4. The highest BCUT2D eigenvalue weighted by molar-refractivity contribution is 7.91. The van der Waals surface area contributed by atoms with E-state index in [1.54, 1.807) is 24.3 Å². The van der Waals surface area contributed by atoms with Crippen LogP contribution in [0.1, 0.15) is 39.5 Å². The van der Waals surface area contributed by atoms with E-state index in [1.165, 1.54) is 0 Å². The number of sulfone groups is 1. The summed E-state index contributed by atoms with van der Waals surface area (Å²) >= 11 is 0. The maximum atomic E-state index is 12.3. The second kappa shape index (κ2) is 9.35. The summed E-state index contributed by atoms with van der Waals surface area (Å²) in [6, 6.07) is 8.62. The number of ether oxygens (including phenoxy) is 2. The topological polar surface area (TPSA) is 52.6 Å². The molecule has 2 rings (SSSR count). The largest absolute Gasteiger partial charge is 0.353 e. The van der Waals surface area contributed by atoms with Gasteiger partial charge in [-0.3, -0.25) is 0 Å². The van der Waals surface area contributed by atoms with Crippen LogP contribution in [0.3, 0.4) is 0 Å². The molecular formula is C19H28O4S. The average molecular weight is 352 g/mol. The lowest BCUT2D eigenvalue weighted by Crippen LogP contribution is -2.25. The molecule has 1 saturated heterocycles. The molecule has 1 unspecified atom stereocenters. The van der Waals surface area contributed by atoms with Gasteiger partial charge >= 0.3 is 0 Å². The number of rotatable bonds is 8. The third-order valence-corrected chi connectivity index (χ3v) is 5.92. The number of allylic oxidation sites excluding steroid dienone is 1. The Labute approximate surface area is 145 Å². The number of benzene rings is 1. The molecule has 0 aromatic heterocycles. The van der Waals surface area contributed by atoms with Crippen LogP contribution in [0.5, 0.6) is 0 Å². The summed E-state index contributed by atoms with van der Waals surface area (Å²) in [4.78, 5) is 0.396. The third kappa shape index (κ3) is 6.38. The number of hydrogen-bond donors (Lipinski definition) is 0. The second-order valence-corrected chi connectivity index (χ2v) is 8.53. The predicted molar refractivity (Wildman–Crippen MR) is 95.6 cm³/mol. The lowest BCUT2D eigenvalue weighted by Gasteiger charge is -2.25. The first-order valence-electron chi connectivity index (χ1n) is 8.70. The first kappa shape index (κ1) is 19.2. The molecule has 0 bridgehead atoms. The highest BCUT2D eigenvalue weighted by Gasteiger charge is 2.17. The van der Waals surface area contributed by atoms with E-state index in [-0.39, 0.29) is 24.1 Å². The van der Waals surface area contributed by atoms with Crippen molar-refractivity contribution in [2.24, 2.45) is 5.92 Å². The van der Waals surface area contributed by atoms with Crippen molar-refractivity contribution in [1.29, 1.82) is 0 Å². The zero-order chi connectivity index (χ0) is 17.4. The highest BCUT2D eigenvalue weighted by atomic mass is 32.2. The van der Waals surface area contributed by atoms with Crippen molar-refractivity contribution in [2.45, 2.75) is 56.8 Å². The van der Waals surface area contributed by atoms with E-state index in [1.807, 2.05) is 32.1 Å². The molecule has 0 radical (unpaired) electrons. The fourth-order valence-electron chi connectivity index (χ4n) is 2.63. The minimum atomic E-state index is -3.20. The Morgan fingerprint density at radius 3 is 2.62 bits per heavy atom. The molecule has 1 fully saturated rings. The van der Waals surface area contributed by atoms with Gasteiger partial charge in [0.2, 0.25) is 0 Å². The van der Waals surface area contributed by atoms with Gasteiger partial charge in [-0.1, -0.05) is 37.3 Å². The molecule has 4 nitrogen and oxygen atoms in total. The maximum Gasteiger partial charge on any atom is 0.178 e. The van der Waals surface area contributed by atoms with Crippen LogP contribution in [0.4, 0.5) is 0 Å². The lowest BCUT2D eigenvalue weighted by atomic mass is 10.1. The van der Waals surface area contributed by atoms with Crippen molar-refractivity contribution in [3.05, 3.63) is 42.5 Å². The molecule has 1 heterocycles. The lowest BCUT2D eigenvalue weighted by molar-refractivity contribution is -0.175. The van der Waals surface area contributed by atoms with Crippen LogP contribution < -0.4 is 0 Å². The van der Waals surface area contributed by atoms with E-state index < -0.39 is 9.84 Å². The van der Waals surface area contributed by atoms with Gasteiger partial charge in [0.1, 0.15) is 0 Å². The van der Waals surface area contributed by atoms with Crippen molar-refractivity contribution in [3.63, 3.8) is 0 Å². The molecule has 1 aromatic rings.